The summed E-state index contributed by atoms with van der Waals surface area (Å²) in [4.78, 5) is 0. The van der Waals surface area contributed by atoms with Crippen molar-refractivity contribution in [2.75, 3.05) is 19.8 Å². The highest BCUT2D eigenvalue weighted by Crippen LogP contribution is 2.36. The van der Waals surface area contributed by atoms with E-state index >= 15 is 0 Å². The van der Waals surface area contributed by atoms with Crippen LogP contribution in [0.25, 0.3) is 0 Å². The Kier molecular flexibility index (Phi) is 7.37. The van der Waals surface area contributed by atoms with E-state index in [1.54, 1.807) is 0 Å². The molecule has 2 rings (SSSR count). The quantitative estimate of drug-likeness (QED) is 0.719. The molecule has 4 nitrogen and oxygen atoms in total. The molecule has 0 amide bonds. The Balaban J connectivity index is 1.99. The predicted molar refractivity (Wildman–Crippen MR) is 96.9 cm³/mol. The number of halogens is 1. The fourth-order valence-corrected chi connectivity index (χ4v) is 2.70. The molecule has 0 aliphatic carbocycles. The van der Waals surface area contributed by atoms with Gasteiger partial charge in [-0.25, -0.2) is 0 Å². The Morgan fingerprint density at radius 1 is 1.08 bits per heavy atom. The Hall–Kier alpha value is -1.75. The zero-order valence-electron chi connectivity index (χ0n) is 14.1. The van der Waals surface area contributed by atoms with E-state index in [9.17, 15) is 5.11 Å². The number of ether oxygens (including phenoxy) is 2. The molecule has 2 aromatic carbocycles. The molecule has 5 heteroatoms. The molecule has 0 aliphatic heterocycles. The maximum absolute atomic E-state index is 10.2. The van der Waals surface area contributed by atoms with Gasteiger partial charge in [0.05, 0.1) is 24.3 Å². The molecule has 0 saturated heterocycles. The minimum atomic E-state index is -0.546. The summed E-state index contributed by atoms with van der Waals surface area (Å²) in [5.41, 5.74) is 1.87. The molecule has 0 fully saturated rings. The van der Waals surface area contributed by atoms with Crippen LogP contribution in [0.3, 0.4) is 0 Å². The Labute approximate surface area is 148 Å². The van der Waals surface area contributed by atoms with E-state index in [4.69, 9.17) is 21.1 Å². The second-order valence-electron chi connectivity index (χ2n) is 5.33. The van der Waals surface area contributed by atoms with Gasteiger partial charge in [0.15, 0.2) is 11.5 Å². The number of aliphatic hydroxyl groups excluding tert-OH is 1. The monoisotopic (exact) mass is 349 g/mol. The van der Waals surface area contributed by atoms with E-state index in [0.717, 1.165) is 11.1 Å². The molecule has 130 valence electrons. The number of hydrogen-bond acceptors (Lipinski definition) is 4. The van der Waals surface area contributed by atoms with Gasteiger partial charge in [-0.15, -0.1) is 0 Å². The molecule has 0 aromatic heterocycles. The maximum atomic E-state index is 10.2. The zero-order valence-corrected chi connectivity index (χ0v) is 14.8. The highest BCUT2D eigenvalue weighted by molar-refractivity contribution is 6.32. The van der Waals surface area contributed by atoms with Crippen LogP contribution in [0.5, 0.6) is 11.5 Å². The second kappa shape index (κ2) is 9.52. The van der Waals surface area contributed by atoms with E-state index in [1.807, 2.05) is 56.3 Å². The van der Waals surface area contributed by atoms with Gasteiger partial charge in [-0.05, 0) is 37.1 Å². The largest absolute Gasteiger partial charge is 0.490 e. The molecule has 2 aromatic rings. The minimum absolute atomic E-state index is 0.457. The average molecular weight is 350 g/mol. The first-order valence-electron chi connectivity index (χ1n) is 8.17. The van der Waals surface area contributed by atoms with Gasteiger partial charge in [-0.2, -0.15) is 0 Å². The molecule has 2 N–H and O–H groups in total. The number of benzene rings is 2. The molecule has 0 bridgehead atoms. The summed E-state index contributed by atoms with van der Waals surface area (Å²) in [6.45, 7) is 5.94. The van der Waals surface area contributed by atoms with Crippen LogP contribution < -0.4 is 14.8 Å². The summed E-state index contributed by atoms with van der Waals surface area (Å²) in [5.74, 6) is 1.22. The van der Waals surface area contributed by atoms with E-state index in [1.165, 1.54) is 0 Å². The van der Waals surface area contributed by atoms with Crippen molar-refractivity contribution in [1.82, 2.24) is 5.32 Å². The maximum Gasteiger partial charge on any atom is 0.179 e. The third-order valence-electron chi connectivity index (χ3n) is 3.51. The van der Waals surface area contributed by atoms with Crippen molar-refractivity contribution in [2.45, 2.75) is 26.5 Å². The highest BCUT2D eigenvalue weighted by Gasteiger charge is 2.13. The van der Waals surface area contributed by atoms with E-state index in [0.29, 0.717) is 42.8 Å². The first-order chi connectivity index (χ1) is 11.7. The topological polar surface area (TPSA) is 50.7 Å². The predicted octanol–water partition coefficient (Wildman–Crippen LogP) is 3.96. The van der Waals surface area contributed by atoms with Crippen molar-refractivity contribution in [2.24, 2.45) is 0 Å². The first kappa shape index (κ1) is 18.6. The normalized spacial score (nSPS) is 12.0. The third-order valence-corrected chi connectivity index (χ3v) is 3.79. The summed E-state index contributed by atoms with van der Waals surface area (Å²) >= 11 is 6.30. The lowest BCUT2D eigenvalue weighted by Crippen LogP contribution is -2.21. The van der Waals surface area contributed by atoms with Crippen molar-refractivity contribution >= 4 is 11.6 Å². The number of nitrogens with one attached hydrogen (secondary N) is 1. The lowest BCUT2D eigenvalue weighted by atomic mass is 10.1. The first-order valence-corrected chi connectivity index (χ1v) is 8.55. The van der Waals surface area contributed by atoms with Gasteiger partial charge < -0.3 is 19.9 Å². The average Bonchev–Trinajstić information content (AvgIpc) is 2.59. The molecule has 0 spiro atoms. The lowest BCUT2D eigenvalue weighted by Gasteiger charge is -2.16. The van der Waals surface area contributed by atoms with Gasteiger partial charge in [-0.1, -0.05) is 41.9 Å². The van der Waals surface area contributed by atoms with E-state index in [2.05, 4.69) is 5.32 Å². The fourth-order valence-electron chi connectivity index (χ4n) is 2.42. The number of hydrogen-bond donors (Lipinski definition) is 2. The van der Waals surface area contributed by atoms with Crippen molar-refractivity contribution in [3.63, 3.8) is 0 Å². The molecule has 0 heterocycles. The Bertz CT molecular complexity index is 634. The minimum Gasteiger partial charge on any atom is -0.490 e. The molecule has 1 atom stereocenters. The van der Waals surface area contributed by atoms with Crippen molar-refractivity contribution in [3.05, 3.63) is 58.6 Å². The third kappa shape index (κ3) is 5.13. The smallest absolute Gasteiger partial charge is 0.179 e. The van der Waals surface area contributed by atoms with Gasteiger partial charge in [-0.3, -0.25) is 0 Å². The Morgan fingerprint density at radius 2 is 1.79 bits per heavy atom. The van der Waals surface area contributed by atoms with Crippen LogP contribution in [0.4, 0.5) is 0 Å². The molecule has 0 saturated carbocycles. The standard InChI is InChI=1S/C19H24ClNO3/c1-3-23-18-11-14(10-16(20)19(18)24-4-2)12-21-13-17(22)15-8-6-5-7-9-15/h5-11,17,21-22H,3-4,12-13H2,1-2H3. The molecular formula is C19H24ClNO3. The number of aliphatic hydroxyl groups is 1. The van der Waals surface area contributed by atoms with E-state index in [-0.39, 0.29) is 0 Å². The van der Waals surface area contributed by atoms with Gasteiger partial charge >= 0.3 is 0 Å². The summed E-state index contributed by atoms with van der Waals surface area (Å²) in [6, 6.07) is 13.4. The molecule has 1 unspecified atom stereocenters. The molecule has 0 aliphatic rings. The lowest BCUT2D eigenvalue weighted by molar-refractivity contribution is 0.174. The van der Waals surface area contributed by atoms with Crippen LogP contribution in [0.1, 0.15) is 31.1 Å². The van der Waals surface area contributed by atoms with Crippen LogP contribution in [0, 0.1) is 0 Å². The van der Waals surface area contributed by atoms with Gasteiger partial charge in [0.25, 0.3) is 0 Å². The van der Waals surface area contributed by atoms with Crippen molar-refractivity contribution < 1.29 is 14.6 Å². The van der Waals surface area contributed by atoms with Gasteiger partial charge in [0, 0.05) is 13.1 Å². The number of rotatable bonds is 9. The summed E-state index contributed by atoms with van der Waals surface area (Å²) in [7, 11) is 0. The zero-order chi connectivity index (χ0) is 17.4. The van der Waals surface area contributed by atoms with Crippen LogP contribution in [-0.2, 0) is 6.54 Å². The molecule has 0 radical (unpaired) electrons. The van der Waals surface area contributed by atoms with Crippen LogP contribution in [0.15, 0.2) is 42.5 Å². The van der Waals surface area contributed by atoms with Crippen LogP contribution in [0.2, 0.25) is 5.02 Å². The van der Waals surface area contributed by atoms with Crippen molar-refractivity contribution in [3.8, 4) is 11.5 Å². The second-order valence-corrected chi connectivity index (χ2v) is 5.74. The van der Waals surface area contributed by atoms with Gasteiger partial charge in [0.1, 0.15) is 0 Å². The molecular weight excluding hydrogens is 326 g/mol. The molecule has 24 heavy (non-hydrogen) atoms. The van der Waals surface area contributed by atoms with Gasteiger partial charge in [0.2, 0.25) is 0 Å². The van der Waals surface area contributed by atoms with Crippen LogP contribution >= 0.6 is 11.6 Å². The van der Waals surface area contributed by atoms with Crippen LogP contribution in [-0.4, -0.2) is 24.9 Å². The summed E-state index contributed by atoms with van der Waals surface area (Å²) < 4.78 is 11.2. The highest BCUT2D eigenvalue weighted by atomic mass is 35.5. The van der Waals surface area contributed by atoms with E-state index < -0.39 is 6.10 Å². The summed E-state index contributed by atoms with van der Waals surface area (Å²) in [5, 5.41) is 13.9. The Morgan fingerprint density at radius 3 is 2.46 bits per heavy atom. The SMILES string of the molecule is CCOc1cc(CNCC(O)c2ccccc2)cc(Cl)c1OCC. The summed E-state index contributed by atoms with van der Waals surface area (Å²) in [6.07, 6.45) is -0.546. The van der Waals surface area contributed by atoms with Crippen molar-refractivity contribution in [1.29, 1.82) is 0 Å². The fraction of sp³-hybridized carbons (Fsp3) is 0.368.